The second-order valence-electron chi connectivity index (χ2n) is 3.99. The van der Waals surface area contributed by atoms with Gasteiger partial charge in [-0.05, 0) is 18.2 Å². The Morgan fingerprint density at radius 1 is 0.684 bits per heavy atom. The van der Waals surface area contributed by atoms with Crippen molar-refractivity contribution in [2.45, 2.75) is 0 Å². The maximum atomic E-state index is 5.79. The molecule has 3 aromatic rings. The second kappa shape index (κ2) is 5.31. The molecule has 0 spiro atoms. The fourth-order valence-electron chi connectivity index (χ4n) is 1.81. The summed E-state index contributed by atoms with van der Waals surface area (Å²) in [4.78, 5) is 8.55. The molecule has 0 saturated heterocycles. The topological polar surface area (TPSA) is 35.0 Å². The average molecular weight is 248 g/mol. The molecule has 2 aromatic heterocycles. The minimum absolute atomic E-state index is 0.563. The highest BCUT2D eigenvalue weighted by Crippen LogP contribution is 2.30. The monoisotopic (exact) mass is 248 g/mol. The minimum atomic E-state index is 0.563. The molecular weight excluding hydrogens is 236 g/mol. The standard InChI is InChI=1S/C16H12N2O/c1-2-7-13(8-3-1)16-14(9-6-12-18-16)19-15-10-4-5-11-17-15/h1-12H. The summed E-state index contributed by atoms with van der Waals surface area (Å²) in [5.74, 6) is 1.26. The van der Waals surface area contributed by atoms with E-state index >= 15 is 0 Å². The van der Waals surface area contributed by atoms with Gasteiger partial charge in [-0.3, -0.25) is 4.98 Å². The Kier molecular flexibility index (Phi) is 3.19. The minimum Gasteiger partial charge on any atom is -0.437 e. The molecule has 3 nitrogen and oxygen atoms in total. The van der Waals surface area contributed by atoms with E-state index < -0.39 is 0 Å². The summed E-state index contributed by atoms with van der Waals surface area (Å²) in [6.07, 6.45) is 3.46. The third kappa shape index (κ3) is 2.60. The van der Waals surface area contributed by atoms with E-state index in [1.165, 1.54) is 0 Å². The Hall–Kier alpha value is -2.68. The Balaban J connectivity index is 1.99. The van der Waals surface area contributed by atoms with Crippen molar-refractivity contribution in [2.75, 3.05) is 0 Å². The fraction of sp³-hybridized carbons (Fsp3) is 0. The molecule has 0 atom stereocenters. The van der Waals surface area contributed by atoms with Crippen molar-refractivity contribution in [1.29, 1.82) is 0 Å². The molecule has 0 saturated carbocycles. The predicted octanol–water partition coefficient (Wildman–Crippen LogP) is 3.94. The lowest BCUT2D eigenvalue weighted by molar-refractivity contribution is 0.463. The van der Waals surface area contributed by atoms with Gasteiger partial charge >= 0.3 is 0 Å². The molecule has 0 amide bonds. The van der Waals surface area contributed by atoms with Gasteiger partial charge in [0.25, 0.3) is 0 Å². The molecule has 92 valence electrons. The molecule has 3 rings (SSSR count). The van der Waals surface area contributed by atoms with E-state index in [1.54, 1.807) is 12.4 Å². The predicted molar refractivity (Wildman–Crippen MR) is 74.0 cm³/mol. The molecule has 0 aliphatic heterocycles. The van der Waals surface area contributed by atoms with Crippen LogP contribution < -0.4 is 4.74 Å². The quantitative estimate of drug-likeness (QED) is 0.704. The van der Waals surface area contributed by atoms with Crippen LogP contribution in [0.5, 0.6) is 11.6 Å². The molecule has 3 heteroatoms. The zero-order valence-electron chi connectivity index (χ0n) is 10.2. The van der Waals surface area contributed by atoms with Gasteiger partial charge in [0.05, 0.1) is 0 Å². The van der Waals surface area contributed by atoms with Crippen molar-refractivity contribution in [2.24, 2.45) is 0 Å². The van der Waals surface area contributed by atoms with Crippen LogP contribution in [0.3, 0.4) is 0 Å². The van der Waals surface area contributed by atoms with Gasteiger partial charge in [-0.1, -0.05) is 36.4 Å². The smallest absolute Gasteiger partial charge is 0.219 e. The van der Waals surface area contributed by atoms with E-state index in [1.807, 2.05) is 60.7 Å². The zero-order valence-corrected chi connectivity index (χ0v) is 10.2. The molecular formula is C16H12N2O. The number of nitrogens with zero attached hydrogens (tertiary/aromatic N) is 2. The van der Waals surface area contributed by atoms with Crippen LogP contribution in [0.4, 0.5) is 0 Å². The highest BCUT2D eigenvalue weighted by molar-refractivity contribution is 5.66. The molecule has 0 aliphatic carbocycles. The van der Waals surface area contributed by atoms with E-state index in [0.717, 1.165) is 11.3 Å². The lowest BCUT2D eigenvalue weighted by Crippen LogP contribution is -1.92. The van der Waals surface area contributed by atoms with Crippen LogP contribution in [0.25, 0.3) is 11.3 Å². The first-order valence-corrected chi connectivity index (χ1v) is 6.03. The van der Waals surface area contributed by atoms with E-state index in [0.29, 0.717) is 11.6 Å². The summed E-state index contributed by atoms with van der Waals surface area (Å²) in [7, 11) is 0. The molecule has 0 fully saturated rings. The first kappa shape index (κ1) is 11.4. The van der Waals surface area contributed by atoms with Gasteiger partial charge in [-0.25, -0.2) is 4.98 Å². The molecule has 0 radical (unpaired) electrons. The van der Waals surface area contributed by atoms with E-state index in [9.17, 15) is 0 Å². The molecule has 0 N–H and O–H groups in total. The number of benzene rings is 1. The molecule has 2 heterocycles. The number of ether oxygens (including phenoxy) is 1. The van der Waals surface area contributed by atoms with Crippen LogP contribution in [-0.4, -0.2) is 9.97 Å². The van der Waals surface area contributed by atoms with E-state index in [-0.39, 0.29) is 0 Å². The maximum absolute atomic E-state index is 5.79. The molecule has 19 heavy (non-hydrogen) atoms. The molecule has 0 unspecified atom stereocenters. The molecule has 0 aliphatic rings. The third-order valence-electron chi connectivity index (χ3n) is 2.67. The van der Waals surface area contributed by atoms with Crippen molar-refractivity contribution in [3.8, 4) is 22.9 Å². The van der Waals surface area contributed by atoms with E-state index in [4.69, 9.17) is 4.74 Å². The maximum Gasteiger partial charge on any atom is 0.219 e. The first-order valence-electron chi connectivity index (χ1n) is 6.03. The van der Waals surface area contributed by atoms with Crippen molar-refractivity contribution in [3.63, 3.8) is 0 Å². The van der Waals surface area contributed by atoms with Crippen LogP contribution in [0.15, 0.2) is 73.1 Å². The van der Waals surface area contributed by atoms with Crippen LogP contribution in [0.1, 0.15) is 0 Å². The highest BCUT2D eigenvalue weighted by atomic mass is 16.5. The van der Waals surface area contributed by atoms with Crippen molar-refractivity contribution < 1.29 is 4.74 Å². The Morgan fingerprint density at radius 3 is 2.26 bits per heavy atom. The van der Waals surface area contributed by atoms with Crippen molar-refractivity contribution >= 4 is 0 Å². The largest absolute Gasteiger partial charge is 0.437 e. The van der Waals surface area contributed by atoms with Gasteiger partial charge in [0.2, 0.25) is 5.88 Å². The number of aromatic nitrogens is 2. The Bertz CT molecular complexity index is 654. The summed E-state index contributed by atoms with van der Waals surface area (Å²) >= 11 is 0. The van der Waals surface area contributed by atoms with Crippen LogP contribution >= 0.6 is 0 Å². The lowest BCUT2D eigenvalue weighted by atomic mass is 10.1. The second-order valence-corrected chi connectivity index (χ2v) is 3.99. The number of pyridine rings is 2. The van der Waals surface area contributed by atoms with Gasteiger partial charge in [-0.15, -0.1) is 0 Å². The fourth-order valence-corrected chi connectivity index (χ4v) is 1.81. The SMILES string of the molecule is c1ccc(-c2ncccc2Oc2ccccn2)cc1. The zero-order chi connectivity index (χ0) is 12.9. The number of rotatable bonds is 3. The van der Waals surface area contributed by atoms with Gasteiger partial charge in [0, 0.05) is 24.0 Å². The Morgan fingerprint density at radius 2 is 1.47 bits per heavy atom. The van der Waals surface area contributed by atoms with Crippen LogP contribution in [0, 0.1) is 0 Å². The number of hydrogen-bond donors (Lipinski definition) is 0. The summed E-state index contributed by atoms with van der Waals surface area (Å²) in [5.41, 5.74) is 1.84. The van der Waals surface area contributed by atoms with Gasteiger partial charge in [-0.2, -0.15) is 0 Å². The normalized spacial score (nSPS) is 10.1. The van der Waals surface area contributed by atoms with Crippen molar-refractivity contribution in [3.05, 3.63) is 73.1 Å². The molecule has 0 bridgehead atoms. The van der Waals surface area contributed by atoms with Gasteiger partial charge < -0.3 is 4.74 Å². The summed E-state index contributed by atoms with van der Waals surface area (Å²) in [6.45, 7) is 0. The van der Waals surface area contributed by atoms with Crippen LogP contribution in [0.2, 0.25) is 0 Å². The highest BCUT2D eigenvalue weighted by Gasteiger charge is 2.08. The van der Waals surface area contributed by atoms with Gasteiger partial charge in [0.15, 0.2) is 5.75 Å². The summed E-state index contributed by atoms with van der Waals surface area (Å²) < 4.78 is 5.79. The van der Waals surface area contributed by atoms with Crippen LogP contribution in [-0.2, 0) is 0 Å². The van der Waals surface area contributed by atoms with Gasteiger partial charge in [0.1, 0.15) is 5.69 Å². The number of hydrogen-bond acceptors (Lipinski definition) is 3. The summed E-state index contributed by atoms with van der Waals surface area (Å²) in [6, 6.07) is 19.3. The lowest BCUT2D eigenvalue weighted by Gasteiger charge is -2.09. The average Bonchev–Trinajstić information content (AvgIpc) is 2.50. The first-order chi connectivity index (χ1) is 9.43. The third-order valence-corrected chi connectivity index (χ3v) is 2.67. The summed E-state index contributed by atoms with van der Waals surface area (Å²) in [5, 5.41) is 0. The van der Waals surface area contributed by atoms with Crippen molar-refractivity contribution in [1.82, 2.24) is 9.97 Å². The van der Waals surface area contributed by atoms with E-state index in [2.05, 4.69) is 9.97 Å². The molecule has 1 aromatic carbocycles. The Labute approximate surface area is 111 Å².